The van der Waals surface area contributed by atoms with Gasteiger partial charge in [-0.2, -0.15) is 0 Å². The lowest BCUT2D eigenvalue weighted by Gasteiger charge is -2.38. The molecular formula is C15H31N. The van der Waals surface area contributed by atoms with E-state index in [1.807, 2.05) is 0 Å². The van der Waals surface area contributed by atoms with Gasteiger partial charge in [0.2, 0.25) is 0 Å². The van der Waals surface area contributed by atoms with Gasteiger partial charge in [0.1, 0.15) is 0 Å². The molecule has 0 aromatic heterocycles. The highest BCUT2D eigenvalue weighted by Crippen LogP contribution is 2.36. The molecule has 1 heterocycles. The first-order valence-corrected chi connectivity index (χ1v) is 7.21. The second kappa shape index (κ2) is 6.05. The molecule has 1 aliphatic rings. The molecule has 1 aliphatic heterocycles. The van der Waals surface area contributed by atoms with Gasteiger partial charge in [-0.1, -0.05) is 41.0 Å². The minimum absolute atomic E-state index is 0.516. The van der Waals surface area contributed by atoms with Crippen molar-refractivity contribution in [2.45, 2.75) is 72.8 Å². The fraction of sp³-hybridized carbons (Fsp3) is 1.00. The van der Waals surface area contributed by atoms with Crippen molar-refractivity contribution in [3.63, 3.8) is 0 Å². The lowest BCUT2D eigenvalue weighted by atomic mass is 9.79. The van der Waals surface area contributed by atoms with E-state index in [1.54, 1.807) is 0 Å². The summed E-state index contributed by atoms with van der Waals surface area (Å²) in [5, 5.41) is 0. The smallest absolute Gasteiger partial charge is 0.0147 e. The van der Waals surface area contributed by atoms with E-state index in [2.05, 4.69) is 39.5 Å². The molecule has 0 aromatic rings. The number of likely N-dealkylation sites (tertiary alicyclic amines) is 1. The quantitative estimate of drug-likeness (QED) is 0.650. The van der Waals surface area contributed by atoms with Crippen LogP contribution in [0.4, 0.5) is 0 Å². The summed E-state index contributed by atoms with van der Waals surface area (Å²) in [4.78, 5) is 2.76. The Bertz CT molecular complexity index is 196. The molecular weight excluding hydrogens is 194 g/mol. The highest BCUT2D eigenvalue weighted by atomic mass is 15.2. The Morgan fingerprint density at radius 3 is 2.56 bits per heavy atom. The van der Waals surface area contributed by atoms with Gasteiger partial charge >= 0.3 is 0 Å². The predicted molar refractivity (Wildman–Crippen MR) is 72.7 cm³/mol. The maximum absolute atomic E-state index is 2.76. The van der Waals surface area contributed by atoms with E-state index in [9.17, 15) is 0 Å². The number of hydrogen-bond acceptors (Lipinski definition) is 1. The van der Waals surface area contributed by atoms with Crippen molar-refractivity contribution in [3.8, 4) is 0 Å². The first kappa shape index (κ1) is 14.0. The first-order chi connectivity index (χ1) is 7.47. The summed E-state index contributed by atoms with van der Waals surface area (Å²) in [5.74, 6) is 0.843. The molecule has 96 valence electrons. The maximum Gasteiger partial charge on any atom is 0.0147 e. The van der Waals surface area contributed by atoms with Crippen LogP contribution >= 0.6 is 0 Å². The van der Waals surface area contributed by atoms with Gasteiger partial charge in [0.25, 0.3) is 0 Å². The highest BCUT2D eigenvalue weighted by molar-refractivity contribution is 4.90. The van der Waals surface area contributed by atoms with Gasteiger partial charge in [-0.15, -0.1) is 0 Å². The summed E-state index contributed by atoms with van der Waals surface area (Å²) in [6.45, 7) is 14.6. The van der Waals surface area contributed by atoms with E-state index in [-0.39, 0.29) is 0 Å². The topological polar surface area (TPSA) is 3.24 Å². The Morgan fingerprint density at radius 1 is 1.31 bits per heavy atom. The van der Waals surface area contributed by atoms with Crippen LogP contribution in [0.25, 0.3) is 0 Å². The Kier molecular flexibility index (Phi) is 5.30. The van der Waals surface area contributed by atoms with Gasteiger partial charge in [-0.25, -0.2) is 0 Å². The zero-order valence-corrected chi connectivity index (χ0v) is 12.1. The van der Waals surface area contributed by atoms with Crippen molar-refractivity contribution in [2.24, 2.45) is 11.3 Å². The summed E-state index contributed by atoms with van der Waals surface area (Å²) >= 11 is 0. The molecule has 1 fully saturated rings. The van der Waals surface area contributed by atoms with Crippen LogP contribution in [0.15, 0.2) is 0 Å². The Labute approximate surface area is 103 Å². The van der Waals surface area contributed by atoms with Crippen LogP contribution in [-0.2, 0) is 0 Å². The molecule has 1 saturated heterocycles. The molecule has 1 heteroatoms. The zero-order valence-electron chi connectivity index (χ0n) is 12.1. The van der Waals surface area contributed by atoms with Gasteiger partial charge in [-0.05, 0) is 50.1 Å². The Balaban J connectivity index is 2.51. The molecule has 16 heavy (non-hydrogen) atoms. The monoisotopic (exact) mass is 225 g/mol. The number of nitrogens with zero attached hydrogens (tertiary/aromatic N) is 1. The third-order valence-electron chi connectivity index (χ3n) is 4.15. The summed E-state index contributed by atoms with van der Waals surface area (Å²) in [6.07, 6.45) is 6.89. The fourth-order valence-corrected chi connectivity index (χ4v) is 3.21. The number of rotatable bonds is 6. The standard InChI is InChI=1S/C15H31N/c1-6-10-15(4,5)14-8-7-11-16(14)12-9-13(2)3/h13-14H,6-12H2,1-5H3/t14-/m0/s1. The van der Waals surface area contributed by atoms with Gasteiger partial charge in [0.15, 0.2) is 0 Å². The normalized spacial score (nSPS) is 23.2. The SMILES string of the molecule is CCCC(C)(C)[C@@H]1CCCN1CCC(C)C. The van der Waals surface area contributed by atoms with Gasteiger partial charge in [0, 0.05) is 6.04 Å². The molecule has 1 nitrogen and oxygen atoms in total. The second-order valence-corrected chi connectivity index (χ2v) is 6.62. The van der Waals surface area contributed by atoms with Crippen molar-refractivity contribution in [3.05, 3.63) is 0 Å². The Hall–Kier alpha value is -0.0400. The minimum Gasteiger partial charge on any atom is -0.300 e. The van der Waals surface area contributed by atoms with Crippen LogP contribution < -0.4 is 0 Å². The highest BCUT2D eigenvalue weighted by Gasteiger charge is 2.36. The molecule has 1 rings (SSSR count). The molecule has 0 aliphatic carbocycles. The minimum atomic E-state index is 0.516. The van der Waals surface area contributed by atoms with Gasteiger partial charge in [-0.3, -0.25) is 4.90 Å². The molecule has 0 amide bonds. The van der Waals surface area contributed by atoms with Crippen molar-refractivity contribution in [1.29, 1.82) is 0 Å². The second-order valence-electron chi connectivity index (χ2n) is 6.62. The third kappa shape index (κ3) is 3.76. The van der Waals surface area contributed by atoms with Gasteiger partial charge in [0.05, 0.1) is 0 Å². The van der Waals surface area contributed by atoms with Crippen molar-refractivity contribution < 1.29 is 0 Å². The molecule has 0 N–H and O–H groups in total. The molecule has 0 saturated carbocycles. The van der Waals surface area contributed by atoms with E-state index >= 15 is 0 Å². The lowest BCUT2D eigenvalue weighted by Crippen LogP contribution is -2.41. The fourth-order valence-electron chi connectivity index (χ4n) is 3.21. The zero-order chi connectivity index (χ0) is 12.2. The first-order valence-electron chi connectivity index (χ1n) is 7.21. The average molecular weight is 225 g/mol. The average Bonchev–Trinajstić information content (AvgIpc) is 2.62. The van der Waals surface area contributed by atoms with Crippen LogP contribution in [0.5, 0.6) is 0 Å². The van der Waals surface area contributed by atoms with Crippen LogP contribution in [0.2, 0.25) is 0 Å². The van der Waals surface area contributed by atoms with Crippen LogP contribution in [-0.4, -0.2) is 24.0 Å². The maximum atomic E-state index is 2.76. The van der Waals surface area contributed by atoms with Crippen LogP contribution in [0, 0.1) is 11.3 Å². The van der Waals surface area contributed by atoms with Gasteiger partial charge < -0.3 is 0 Å². The Morgan fingerprint density at radius 2 is 2.00 bits per heavy atom. The van der Waals surface area contributed by atoms with E-state index in [0.717, 1.165) is 12.0 Å². The molecule has 0 bridgehead atoms. The largest absolute Gasteiger partial charge is 0.300 e. The summed E-state index contributed by atoms with van der Waals surface area (Å²) in [5.41, 5.74) is 0.516. The van der Waals surface area contributed by atoms with Crippen LogP contribution in [0.3, 0.4) is 0 Å². The van der Waals surface area contributed by atoms with E-state index < -0.39 is 0 Å². The molecule has 0 aromatic carbocycles. The predicted octanol–water partition coefficient (Wildman–Crippen LogP) is 4.32. The summed E-state index contributed by atoms with van der Waals surface area (Å²) < 4.78 is 0. The van der Waals surface area contributed by atoms with Crippen molar-refractivity contribution in [2.75, 3.05) is 13.1 Å². The van der Waals surface area contributed by atoms with E-state index in [1.165, 1.54) is 45.2 Å². The summed E-state index contributed by atoms with van der Waals surface area (Å²) in [6, 6.07) is 0.839. The third-order valence-corrected chi connectivity index (χ3v) is 4.15. The molecule has 0 radical (unpaired) electrons. The summed E-state index contributed by atoms with van der Waals surface area (Å²) in [7, 11) is 0. The van der Waals surface area contributed by atoms with Crippen LogP contribution in [0.1, 0.15) is 66.7 Å². The molecule has 0 spiro atoms. The lowest BCUT2D eigenvalue weighted by molar-refractivity contribution is 0.112. The molecule has 0 unspecified atom stereocenters. The van der Waals surface area contributed by atoms with E-state index in [4.69, 9.17) is 0 Å². The van der Waals surface area contributed by atoms with E-state index in [0.29, 0.717) is 5.41 Å². The number of hydrogen-bond donors (Lipinski definition) is 0. The molecule has 1 atom stereocenters. The van der Waals surface area contributed by atoms with Crippen molar-refractivity contribution >= 4 is 0 Å². The van der Waals surface area contributed by atoms with Crippen molar-refractivity contribution in [1.82, 2.24) is 4.90 Å².